The average molecular weight is 383 g/mol. The molecule has 1 atom stereocenters. The van der Waals surface area contributed by atoms with Gasteiger partial charge in [-0.2, -0.15) is 5.10 Å². The van der Waals surface area contributed by atoms with Crippen LogP contribution < -0.4 is 5.69 Å². The van der Waals surface area contributed by atoms with Crippen molar-refractivity contribution in [2.45, 2.75) is 83.9 Å². The first-order chi connectivity index (χ1) is 13.3. The quantitative estimate of drug-likeness (QED) is 0.764. The minimum atomic E-state index is -0.576. The molecule has 6 heteroatoms. The van der Waals surface area contributed by atoms with E-state index in [1.807, 2.05) is 20.8 Å². The SMILES string of the molecule is CC(C)(C)OC(=O)C1CCCc2nn(Cc3ccc4c(c3)CCCC4)c(=O)n21. The summed E-state index contributed by atoms with van der Waals surface area (Å²) in [6, 6.07) is 5.92. The van der Waals surface area contributed by atoms with E-state index in [1.165, 1.54) is 28.7 Å². The van der Waals surface area contributed by atoms with Gasteiger partial charge in [-0.25, -0.2) is 14.3 Å². The molecule has 2 heterocycles. The Balaban J connectivity index is 1.61. The zero-order valence-electron chi connectivity index (χ0n) is 17.0. The summed E-state index contributed by atoms with van der Waals surface area (Å²) in [5.74, 6) is 0.342. The summed E-state index contributed by atoms with van der Waals surface area (Å²) in [4.78, 5) is 25.7. The third-order valence-electron chi connectivity index (χ3n) is 5.55. The van der Waals surface area contributed by atoms with Gasteiger partial charge in [-0.3, -0.25) is 4.57 Å². The Morgan fingerprint density at radius 3 is 2.64 bits per heavy atom. The van der Waals surface area contributed by atoms with Crippen LogP contribution >= 0.6 is 0 Å². The Bertz CT molecular complexity index is 949. The average Bonchev–Trinajstić information content (AvgIpc) is 2.96. The first-order valence-electron chi connectivity index (χ1n) is 10.3. The van der Waals surface area contributed by atoms with E-state index in [1.54, 1.807) is 4.57 Å². The van der Waals surface area contributed by atoms with Crippen LogP contribution in [0.5, 0.6) is 0 Å². The predicted molar refractivity (Wildman–Crippen MR) is 106 cm³/mol. The number of ether oxygens (including phenoxy) is 1. The van der Waals surface area contributed by atoms with Crippen LogP contribution in [0.3, 0.4) is 0 Å². The maximum Gasteiger partial charge on any atom is 0.347 e. The Hall–Kier alpha value is -2.37. The van der Waals surface area contributed by atoms with Crippen LogP contribution in [0, 0.1) is 0 Å². The molecule has 1 aliphatic heterocycles. The maximum atomic E-state index is 13.0. The zero-order chi connectivity index (χ0) is 19.9. The van der Waals surface area contributed by atoms with Crippen LogP contribution in [0.2, 0.25) is 0 Å². The molecule has 2 aliphatic rings. The molecule has 0 N–H and O–H groups in total. The Morgan fingerprint density at radius 1 is 1.14 bits per heavy atom. The number of rotatable bonds is 3. The molecule has 1 aromatic heterocycles. The molecule has 1 aromatic carbocycles. The highest BCUT2D eigenvalue weighted by Crippen LogP contribution is 2.26. The standard InChI is InChI=1S/C22H29N3O3/c1-22(2,3)28-20(26)18-9-6-10-19-23-24(21(27)25(18)19)14-15-11-12-16-7-4-5-8-17(16)13-15/h11-13,18H,4-10,14H2,1-3H3. The summed E-state index contributed by atoms with van der Waals surface area (Å²) in [5, 5.41) is 4.55. The Kier molecular flexibility index (Phi) is 4.89. The van der Waals surface area contributed by atoms with E-state index >= 15 is 0 Å². The largest absolute Gasteiger partial charge is 0.458 e. The second kappa shape index (κ2) is 7.22. The fraction of sp³-hybridized carbons (Fsp3) is 0.591. The summed E-state index contributed by atoms with van der Waals surface area (Å²) in [7, 11) is 0. The summed E-state index contributed by atoms with van der Waals surface area (Å²) in [6.45, 7) is 5.97. The molecular formula is C22H29N3O3. The first kappa shape index (κ1) is 19.0. The molecule has 2 aromatic rings. The lowest BCUT2D eigenvalue weighted by Gasteiger charge is -2.26. The van der Waals surface area contributed by atoms with Gasteiger partial charge in [0.25, 0.3) is 0 Å². The van der Waals surface area contributed by atoms with E-state index in [9.17, 15) is 9.59 Å². The number of aromatic nitrogens is 3. The van der Waals surface area contributed by atoms with Gasteiger partial charge in [0.15, 0.2) is 0 Å². The van der Waals surface area contributed by atoms with Crippen LogP contribution in [0.15, 0.2) is 23.0 Å². The second-order valence-electron chi connectivity index (χ2n) is 8.98. The number of esters is 1. The Morgan fingerprint density at radius 2 is 1.89 bits per heavy atom. The molecule has 1 aliphatic carbocycles. The van der Waals surface area contributed by atoms with Crippen LogP contribution in [-0.4, -0.2) is 25.9 Å². The van der Waals surface area contributed by atoms with Gasteiger partial charge in [0, 0.05) is 6.42 Å². The van der Waals surface area contributed by atoms with Gasteiger partial charge >= 0.3 is 11.7 Å². The van der Waals surface area contributed by atoms with Gasteiger partial charge in [-0.1, -0.05) is 18.2 Å². The summed E-state index contributed by atoms with van der Waals surface area (Å²) < 4.78 is 8.60. The number of nitrogens with zero attached hydrogens (tertiary/aromatic N) is 3. The van der Waals surface area contributed by atoms with E-state index < -0.39 is 11.6 Å². The van der Waals surface area contributed by atoms with Crippen molar-refractivity contribution in [2.75, 3.05) is 0 Å². The molecule has 4 rings (SSSR count). The number of hydrogen-bond donors (Lipinski definition) is 0. The Labute approximate surface area is 165 Å². The molecule has 0 bridgehead atoms. The summed E-state index contributed by atoms with van der Waals surface area (Å²) in [5.41, 5.74) is 3.12. The van der Waals surface area contributed by atoms with E-state index in [2.05, 4.69) is 23.3 Å². The highest BCUT2D eigenvalue weighted by Gasteiger charge is 2.33. The lowest BCUT2D eigenvalue weighted by molar-refractivity contribution is -0.159. The fourth-order valence-corrected chi connectivity index (χ4v) is 4.29. The lowest BCUT2D eigenvalue weighted by Crippen LogP contribution is -2.38. The highest BCUT2D eigenvalue weighted by molar-refractivity contribution is 5.74. The number of fused-ring (bicyclic) bond motifs is 2. The van der Waals surface area contributed by atoms with Gasteiger partial charge in [-0.15, -0.1) is 0 Å². The molecule has 0 fully saturated rings. The van der Waals surface area contributed by atoms with E-state index in [0.717, 1.165) is 24.8 Å². The van der Waals surface area contributed by atoms with Crippen molar-refractivity contribution in [3.63, 3.8) is 0 Å². The second-order valence-corrected chi connectivity index (χ2v) is 8.98. The smallest absolute Gasteiger partial charge is 0.347 e. The topological polar surface area (TPSA) is 66.1 Å². The van der Waals surface area contributed by atoms with Crippen LogP contribution in [0.25, 0.3) is 0 Å². The van der Waals surface area contributed by atoms with E-state index in [-0.39, 0.29) is 11.7 Å². The normalized spacial score (nSPS) is 19.0. The predicted octanol–water partition coefficient (Wildman–Crippen LogP) is 3.19. The zero-order valence-corrected chi connectivity index (χ0v) is 17.0. The van der Waals surface area contributed by atoms with Crippen LogP contribution in [-0.2, 0) is 35.3 Å². The molecule has 6 nitrogen and oxygen atoms in total. The fourth-order valence-electron chi connectivity index (χ4n) is 4.29. The third kappa shape index (κ3) is 3.77. The molecule has 28 heavy (non-hydrogen) atoms. The minimum absolute atomic E-state index is 0.219. The number of aryl methyl sites for hydroxylation is 3. The van der Waals surface area contributed by atoms with Crippen molar-refractivity contribution in [3.8, 4) is 0 Å². The van der Waals surface area contributed by atoms with Crippen molar-refractivity contribution in [1.82, 2.24) is 14.3 Å². The van der Waals surface area contributed by atoms with Crippen molar-refractivity contribution in [1.29, 1.82) is 0 Å². The molecule has 0 amide bonds. The monoisotopic (exact) mass is 383 g/mol. The molecule has 0 spiro atoms. The van der Waals surface area contributed by atoms with Crippen LogP contribution in [0.4, 0.5) is 0 Å². The van der Waals surface area contributed by atoms with Crippen molar-refractivity contribution in [3.05, 3.63) is 51.2 Å². The van der Waals surface area contributed by atoms with Gasteiger partial charge in [0.2, 0.25) is 0 Å². The van der Waals surface area contributed by atoms with Crippen molar-refractivity contribution in [2.24, 2.45) is 0 Å². The molecule has 0 radical (unpaired) electrons. The third-order valence-corrected chi connectivity index (χ3v) is 5.55. The van der Waals surface area contributed by atoms with Gasteiger partial charge < -0.3 is 4.74 Å². The van der Waals surface area contributed by atoms with Crippen molar-refractivity contribution < 1.29 is 9.53 Å². The van der Waals surface area contributed by atoms with Gasteiger partial charge in [0.05, 0.1) is 6.54 Å². The summed E-state index contributed by atoms with van der Waals surface area (Å²) >= 11 is 0. The first-order valence-corrected chi connectivity index (χ1v) is 10.3. The number of carbonyl (C=O) groups is 1. The molecule has 150 valence electrons. The van der Waals surface area contributed by atoms with Crippen molar-refractivity contribution >= 4 is 5.97 Å². The molecule has 0 saturated carbocycles. The maximum absolute atomic E-state index is 13.0. The molecule has 0 saturated heterocycles. The van der Waals surface area contributed by atoms with E-state index in [0.29, 0.717) is 25.2 Å². The number of hydrogen-bond acceptors (Lipinski definition) is 4. The number of carbonyl (C=O) groups excluding carboxylic acids is 1. The number of benzene rings is 1. The minimum Gasteiger partial charge on any atom is -0.458 e. The lowest BCUT2D eigenvalue weighted by atomic mass is 9.90. The molecular weight excluding hydrogens is 354 g/mol. The van der Waals surface area contributed by atoms with Gasteiger partial charge in [0.1, 0.15) is 17.5 Å². The van der Waals surface area contributed by atoms with E-state index in [4.69, 9.17) is 4.74 Å². The summed E-state index contributed by atoms with van der Waals surface area (Å²) in [6.07, 6.45) is 6.90. The molecule has 1 unspecified atom stereocenters. The highest BCUT2D eigenvalue weighted by atomic mass is 16.6. The van der Waals surface area contributed by atoms with Gasteiger partial charge in [-0.05, 0) is 76.0 Å². The van der Waals surface area contributed by atoms with Crippen LogP contribution in [0.1, 0.15) is 75.0 Å².